The van der Waals surface area contributed by atoms with Crippen molar-refractivity contribution in [3.63, 3.8) is 0 Å². The zero-order valence-corrected chi connectivity index (χ0v) is 20.2. The second kappa shape index (κ2) is 15.2. The van der Waals surface area contributed by atoms with Crippen LogP contribution in [0.4, 0.5) is 5.69 Å². The fraction of sp³-hybridized carbons (Fsp3) is 0.440. The highest BCUT2D eigenvalue weighted by Gasteiger charge is 2.19. The van der Waals surface area contributed by atoms with Gasteiger partial charge in [-0.25, -0.2) is 0 Å². The van der Waals surface area contributed by atoms with Crippen molar-refractivity contribution in [2.45, 2.75) is 51.0 Å². The Morgan fingerprint density at radius 3 is 2.50 bits per heavy atom. The van der Waals surface area contributed by atoms with Crippen LogP contribution >= 0.6 is 0 Å². The van der Waals surface area contributed by atoms with E-state index in [9.17, 15) is 14.7 Å². The van der Waals surface area contributed by atoms with Gasteiger partial charge in [-0.15, -0.1) is 0 Å². The monoisotopic (exact) mass is 487 g/mol. The Labute approximate surface area is 206 Å². The molecule has 0 spiro atoms. The van der Waals surface area contributed by atoms with Crippen molar-refractivity contribution in [3.05, 3.63) is 65.2 Å². The molecule has 2 aromatic rings. The number of carbonyl (C=O) groups excluding carboxylic acids is 1. The summed E-state index contributed by atoms with van der Waals surface area (Å²) < 4.78 is 7.83. The number of carbonyl (C=O) groups is 2. The SMILES string of the molecule is CCCCONC(Cc1ccc(NC(=O)c2cccc(C3CCNCC3)c2)cc1)C(=O)O.O=S. The van der Waals surface area contributed by atoms with E-state index in [1.54, 1.807) is 12.1 Å². The number of rotatable bonds is 11. The molecule has 0 radical (unpaired) electrons. The molecule has 2 aromatic carbocycles. The van der Waals surface area contributed by atoms with Crippen LogP contribution in [-0.2, 0) is 28.6 Å². The van der Waals surface area contributed by atoms with Crippen molar-refractivity contribution in [1.29, 1.82) is 0 Å². The van der Waals surface area contributed by atoms with Crippen molar-refractivity contribution in [1.82, 2.24) is 10.8 Å². The quantitative estimate of drug-likeness (QED) is 0.282. The Bertz CT molecular complexity index is 904. The number of hydrogen-bond donors (Lipinski definition) is 4. The van der Waals surface area contributed by atoms with Gasteiger partial charge in [-0.05, 0) is 73.7 Å². The van der Waals surface area contributed by atoms with Crippen LogP contribution in [0, 0.1) is 0 Å². The summed E-state index contributed by atoms with van der Waals surface area (Å²) in [6.07, 6.45) is 4.31. The lowest BCUT2D eigenvalue weighted by Crippen LogP contribution is -2.38. The molecule has 0 aromatic heterocycles. The van der Waals surface area contributed by atoms with Gasteiger partial charge in [0.1, 0.15) is 6.04 Å². The summed E-state index contributed by atoms with van der Waals surface area (Å²) >= 11 is 2.83. The topological polar surface area (TPSA) is 117 Å². The zero-order valence-electron chi connectivity index (χ0n) is 19.4. The second-order valence-corrected chi connectivity index (χ2v) is 8.22. The molecule has 0 saturated carbocycles. The van der Waals surface area contributed by atoms with E-state index in [1.165, 1.54) is 5.56 Å². The summed E-state index contributed by atoms with van der Waals surface area (Å²) in [6.45, 7) is 4.54. The molecular weight excluding hydrogens is 454 g/mol. The number of benzene rings is 2. The Kier molecular flexibility index (Phi) is 12.3. The normalized spacial score (nSPS) is 14.5. The largest absolute Gasteiger partial charge is 0.480 e. The first-order valence-electron chi connectivity index (χ1n) is 11.5. The molecule has 1 heterocycles. The summed E-state index contributed by atoms with van der Waals surface area (Å²) in [7, 11) is 0. The summed E-state index contributed by atoms with van der Waals surface area (Å²) in [5.74, 6) is -0.625. The van der Waals surface area contributed by atoms with E-state index in [0.717, 1.165) is 44.3 Å². The lowest BCUT2D eigenvalue weighted by Gasteiger charge is -2.23. The Balaban J connectivity index is 0.00000199. The maximum atomic E-state index is 12.7. The van der Waals surface area contributed by atoms with Gasteiger partial charge in [-0.3, -0.25) is 9.59 Å². The molecule has 1 amide bonds. The van der Waals surface area contributed by atoms with Crippen LogP contribution in [-0.4, -0.2) is 46.9 Å². The maximum absolute atomic E-state index is 12.7. The molecule has 9 heteroatoms. The van der Waals surface area contributed by atoms with Crippen molar-refractivity contribution in [2.75, 3.05) is 25.0 Å². The van der Waals surface area contributed by atoms with E-state index in [-0.39, 0.29) is 12.3 Å². The van der Waals surface area contributed by atoms with E-state index in [1.807, 2.05) is 37.3 Å². The highest BCUT2D eigenvalue weighted by Crippen LogP contribution is 2.26. The average molecular weight is 488 g/mol. The molecule has 1 fully saturated rings. The van der Waals surface area contributed by atoms with Gasteiger partial charge in [-0.2, -0.15) is 9.69 Å². The van der Waals surface area contributed by atoms with E-state index >= 15 is 0 Å². The third-order valence-corrected chi connectivity index (χ3v) is 5.73. The molecule has 184 valence electrons. The van der Waals surface area contributed by atoms with Crippen molar-refractivity contribution < 1.29 is 23.7 Å². The van der Waals surface area contributed by atoms with E-state index in [2.05, 4.69) is 34.7 Å². The van der Waals surface area contributed by atoms with Crippen LogP contribution in [0.5, 0.6) is 0 Å². The lowest BCUT2D eigenvalue weighted by atomic mass is 9.89. The van der Waals surface area contributed by atoms with Crippen LogP contribution in [0.25, 0.3) is 0 Å². The minimum atomic E-state index is -0.965. The van der Waals surface area contributed by atoms with Gasteiger partial charge in [0.05, 0.1) is 6.61 Å². The fourth-order valence-corrected chi connectivity index (χ4v) is 3.81. The van der Waals surface area contributed by atoms with Gasteiger partial charge < -0.3 is 20.6 Å². The van der Waals surface area contributed by atoms with Crippen molar-refractivity contribution in [3.8, 4) is 0 Å². The number of aliphatic carboxylic acids is 1. The lowest BCUT2D eigenvalue weighted by molar-refractivity contribution is -0.144. The molecule has 3 rings (SSSR count). The first-order chi connectivity index (χ1) is 16.6. The minimum Gasteiger partial charge on any atom is -0.480 e. The van der Waals surface area contributed by atoms with Gasteiger partial charge in [0, 0.05) is 17.7 Å². The number of amides is 1. The van der Waals surface area contributed by atoms with Crippen molar-refractivity contribution in [2.24, 2.45) is 0 Å². The number of hydrogen-bond acceptors (Lipinski definition) is 7. The molecule has 1 unspecified atom stereocenters. The first-order valence-corrected chi connectivity index (χ1v) is 11.9. The molecule has 8 nitrogen and oxygen atoms in total. The maximum Gasteiger partial charge on any atom is 0.323 e. The number of piperidine rings is 1. The standard InChI is InChI=1S/C25H33N3O4.OS/c1-2-3-15-32-28-23(25(30)31)16-18-7-9-22(10-8-18)27-24(29)21-6-4-5-20(17-21)19-11-13-26-14-12-19;1-2/h4-10,17,19,23,26,28H,2-3,11-16H2,1H3,(H,27,29)(H,30,31);. The summed E-state index contributed by atoms with van der Waals surface area (Å²) in [4.78, 5) is 29.5. The van der Waals surface area contributed by atoms with Gasteiger partial charge in [0.15, 0.2) is 12.5 Å². The number of carboxylic acid groups (broad SMARTS) is 1. The first kappa shape index (κ1) is 27.5. The van der Waals surface area contributed by atoms with Crippen LogP contribution in [0.2, 0.25) is 0 Å². The van der Waals surface area contributed by atoms with Gasteiger partial charge in [0.2, 0.25) is 0 Å². The summed E-state index contributed by atoms with van der Waals surface area (Å²) in [5, 5.41) is 15.7. The van der Waals surface area contributed by atoms with Crippen LogP contribution < -0.4 is 16.1 Å². The van der Waals surface area contributed by atoms with Crippen LogP contribution in [0.3, 0.4) is 0 Å². The number of anilines is 1. The zero-order chi connectivity index (χ0) is 24.8. The molecule has 0 bridgehead atoms. The third kappa shape index (κ3) is 8.90. The van der Waals surface area contributed by atoms with Gasteiger partial charge >= 0.3 is 5.97 Å². The van der Waals surface area contributed by atoms with Crippen LogP contribution in [0.1, 0.15) is 60.0 Å². The molecule has 0 aliphatic carbocycles. The number of unbranched alkanes of at least 4 members (excludes halogenated alkanes) is 1. The number of nitrogens with one attached hydrogen (secondary N) is 3. The molecule has 1 atom stereocenters. The van der Waals surface area contributed by atoms with E-state index in [0.29, 0.717) is 23.8 Å². The molecule has 1 aliphatic rings. The molecular formula is C25H33N3O5S. The Hall–Kier alpha value is -2.72. The van der Waals surface area contributed by atoms with Gasteiger partial charge in [-0.1, -0.05) is 37.6 Å². The molecule has 4 N–H and O–H groups in total. The predicted octanol–water partition coefficient (Wildman–Crippen LogP) is 3.39. The Morgan fingerprint density at radius 2 is 1.85 bits per heavy atom. The van der Waals surface area contributed by atoms with E-state index in [4.69, 9.17) is 9.05 Å². The number of hydroxylamine groups is 1. The average Bonchev–Trinajstić information content (AvgIpc) is 2.88. The van der Waals surface area contributed by atoms with Crippen LogP contribution in [0.15, 0.2) is 48.5 Å². The Morgan fingerprint density at radius 1 is 1.15 bits per heavy atom. The third-order valence-electron chi connectivity index (χ3n) is 5.73. The molecule has 34 heavy (non-hydrogen) atoms. The van der Waals surface area contributed by atoms with E-state index < -0.39 is 12.0 Å². The predicted molar refractivity (Wildman–Crippen MR) is 133 cm³/mol. The highest BCUT2D eigenvalue weighted by molar-refractivity contribution is 7.44. The smallest absolute Gasteiger partial charge is 0.323 e. The highest BCUT2D eigenvalue weighted by atomic mass is 32.1. The summed E-state index contributed by atoms with van der Waals surface area (Å²) in [5.41, 5.74) is 6.00. The molecule has 1 aliphatic heterocycles. The number of carboxylic acids is 1. The van der Waals surface area contributed by atoms with Gasteiger partial charge in [0.25, 0.3) is 5.91 Å². The minimum absolute atomic E-state index is 0.150. The summed E-state index contributed by atoms with van der Waals surface area (Å²) in [6, 6.07) is 14.3. The fourth-order valence-electron chi connectivity index (χ4n) is 3.81. The van der Waals surface area contributed by atoms with Crippen molar-refractivity contribution >= 4 is 30.1 Å². The second-order valence-electron chi connectivity index (χ2n) is 8.22. The molecule has 1 saturated heterocycles.